The number of pyridine rings is 1. The van der Waals surface area contributed by atoms with Crippen LogP contribution in [0.1, 0.15) is 11.1 Å². The van der Waals surface area contributed by atoms with Crippen LogP contribution in [0.2, 0.25) is 0 Å². The van der Waals surface area contributed by atoms with E-state index in [1.165, 1.54) is 32.5 Å². The first kappa shape index (κ1) is 23.1. The van der Waals surface area contributed by atoms with E-state index < -0.39 is 22.5 Å². The second-order valence-corrected chi connectivity index (χ2v) is 8.95. The molecule has 9 heteroatoms. The molecule has 0 spiro atoms. The van der Waals surface area contributed by atoms with Gasteiger partial charge in [0.15, 0.2) is 0 Å². The lowest BCUT2D eigenvalue weighted by Crippen LogP contribution is -2.38. The number of nitrogens with one attached hydrogen (secondary N) is 1. The van der Waals surface area contributed by atoms with Gasteiger partial charge >= 0.3 is 0 Å². The molecule has 3 rings (SSSR count). The SMILES string of the molecule is COc1ccc(C)c(N(CC(=O)Nc2cccnc2)S(=O)(=O)c2ccc(C)c(OC)c2)c1. The van der Waals surface area contributed by atoms with E-state index in [1.54, 1.807) is 49.5 Å². The Balaban J connectivity index is 2.06. The summed E-state index contributed by atoms with van der Waals surface area (Å²) in [4.78, 5) is 16.8. The number of carbonyl (C=O) groups excluding carboxylic acids is 1. The number of methoxy groups -OCH3 is 2. The van der Waals surface area contributed by atoms with Gasteiger partial charge in [0.25, 0.3) is 10.0 Å². The van der Waals surface area contributed by atoms with Crippen LogP contribution >= 0.6 is 0 Å². The zero-order chi connectivity index (χ0) is 23.3. The van der Waals surface area contributed by atoms with Crippen molar-refractivity contribution in [3.05, 3.63) is 72.1 Å². The van der Waals surface area contributed by atoms with E-state index in [0.717, 1.165) is 9.87 Å². The molecule has 0 saturated heterocycles. The van der Waals surface area contributed by atoms with Crippen molar-refractivity contribution >= 4 is 27.3 Å². The van der Waals surface area contributed by atoms with Gasteiger partial charge in [-0.2, -0.15) is 0 Å². The van der Waals surface area contributed by atoms with Crippen molar-refractivity contribution < 1.29 is 22.7 Å². The Hall–Kier alpha value is -3.59. The van der Waals surface area contributed by atoms with E-state index in [-0.39, 0.29) is 4.90 Å². The Kier molecular flexibility index (Phi) is 6.99. The number of carbonyl (C=O) groups is 1. The molecule has 2 aromatic carbocycles. The van der Waals surface area contributed by atoms with Crippen molar-refractivity contribution in [1.82, 2.24) is 4.98 Å². The summed E-state index contributed by atoms with van der Waals surface area (Å²) in [6, 6.07) is 13.0. The van der Waals surface area contributed by atoms with Crippen LogP contribution in [0.4, 0.5) is 11.4 Å². The fourth-order valence-corrected chi connectivity index (χ4v) is 4.63. The molecule has 0 aliphatic rings. The fraction of sp³-hybridized carbons (Fsp3) is 0.217. The Labute approximate surface area is 187 Å². The van der Waals surface area contributed by atoms with Crippen LogP contribution in [0, 0.1) is 13.8 Å². The first-order valence-electron chi connectivity index (χ1n) is 9.78. The molecule has 0 atom stereocenters. The zero-order valence-corrected chi connectivity index (χ0v) is 19.1. The van der Waals surface area contributed by atoms with E-state index in [9.17, 15) is 13.2 Å². The van der Waals surface area contributed by atoms with Crippen molar-refractivity contribution in [3.63, 3.8) is 0 Å². The first-order valence-corrected chi connectivity index (χ1v) is 11.2. The predicted molar refractivity (Wildman–Crippen MR) is 123 cm³/mol. The van der Waals surface area contributed by atoms with Crippen LogP contribution in [-0.2, 0) is 14.8 Å². The number of sulfonamides is 1. The summed E-state index contributed by atoms with van der Waals surface area (Å²) >= 11 is 0. The number of ether oxygens (including phenoxy) is 2. The Morgan fingerprint density at radius 2 is 1.78 bits per heavy atom. The number of aryl methyl sites for hydroxylation is 2. The molecule has 0 aliphatic carbocycles. The molecule has 1 aromatic heterocycles. The Morgan fingerprint density at radius 1 is 1.03 bits per heavy atom. The largest absolute Gasteiger partial charge is 0.497 e. The number of hydrogen-bond acceptors (Lipinski definition) is 6. The van der Waals surface area contributed by atoms with Crippen LogP contribution < -0.4 is 19.1 Å². The zero-order valence-electron chi connectivity index (χ0n) is 18.3. The summed E-state index contributed by atoms with van der Waals surface area (Å²) in [6.45, 7) is 3.15. The molecule has 8 nitrogen and oxygen atoms in total. The molecular weight excluding hydrogens is 430 g/mol. The molecule has 0 radical (unpaired) electrons. The van der Waals surface area contributed by atoms with Gasteiger partial charge in [-0.3, -0.25) is 14.1 Å². The minimum absolute atomic E-state index is 0.0105. The molecule has 0 bridgehead atoms. The molecule has 32 heavy (non-hydrogen) atoms. The van der Waals surface area contributed by atoms with Gasteiger partial charge in [-0.05, 0) is 49.2 Å². The van der Waals surface area contributed by atoms with E-state index in [1.807, 2.05) is 6.92 Å². The van der Waals surface area contributed by atoms with E-state index >= 15 is 0 Å². The molecule has 1 N–H and O–H groups in total. The number of rotatable bonds is 8. The number of anilines is 2. The molecule has 1 amide bonds. The summed E-state index contributed by atoms with van der Waals surface area (Å²) in [6.07, 6.45) is 3.06. The molecule has 1 heterocycles. The average molecular weight is 456 g/mol. The maximum Gasteiger partial charge on any atom is 0.264 e. The monoisotopic (exact) mass is 455 g/mol. The summed E-state index contributed by atoms with van der Waals surface area (Å²) in [7, 11) is -1.15. The van der Waals surface area contributed by atoms with Crippen LogP contribution in [-0.4, -0.2) is 40.1 Å². The van der Waals surface area contributed by atoms with Crippen molar-refractivity contribution in [2.24, 2.45) is 0 Å². The lowest BCUT2D eigenvalue weighted by atomic mass is 10.2. The molecule has 3 aromatic rings. The lowest BCUT2D eigenvalue weighted by molar-refractivity contribution is -0.114. The van der Waals surface area contributed by atoms with Gasteiger partial charge < -0.3 is 14.8 Å². The summed E-state index contributed by atoms with van der Waals surface area (Å²) in [5, 5.41) is 2.68. The third kappa shape index (κ3) is 5.00. The van der Waals surface area contributed by atoms with E-state index in [4.69, 9.17) is 9.47 Å². The third-order valence-corrected chi connectivity index (χ3v) is 6.64. The maximum absolute atomic E-state index is 13.7. The fourth-order valence-electron chi connectivity index (χ4n) is 3.14. The normalized spacial score (nSPS) is 11.0. The minimum Gasteiger partial charge on any atom is -0.497 e. The Bertz CT molecular complexity index is 1210. The molecule has 168 valence electrons. The highest BCUT2D eigenvalue weighted by molar-refractivity contribution is 7.92. The molecule has 0 unspecified atom stereocenters. The standard InChI is InChI=1S/C23H25N3O5S/c1-16-7-9-19(30-3)12-21(16)26(15-23(27)25-18-6-5-11-24-14-18)32(28,29)20-10-8-17(2)22(13-20)31-4/h5-14H,15H2,1-4H3,(H,25,27). The Morgan fingerprint density at radius 3 is 2.44 bits per heavy atom. The van der Waals surface area contributed by atoms with Crippen LogP contribution in [0.25, 0.3) is 0 Å². The van der Waals surface area contributed by atoms with Crippen molar-refractivity contribution in [1.29, 1.82) is 0 Å². The second-order valence-electron chi connectivity index (χ2n) is 7.09. The van der Waals surface area contributed by atoms with Crippen molar-refractivity contribution in [2.75, 3.05) is 30.4 Å². The highest BCUT2D eigenvalue weighted by atomic mass is 32.2. The first-order chi connectivity index (χ1) is 15.3. The van der Waals surface area contributed by atoms with Crippen LogP contribution in [0.3, 0.4) is 0 Å². The van der Waals surface area contributed by atoms with E-state index in [0.29, 0.717) is 28.4 Å². The van der Waals surface area contributed by atoms with Gasteiger partial charge in [0.2, 0.25) is 5.91 Å². The highest BCUT2D eigenvalue weighted by Gasteiger charge is 2.29. The third-order valence-electron chi connectivity index (χ3n) is 4.89. The van der Waals surface area contributed by atoms with Gasteiger partial charge in [0, 0.05) is 18.3 Å². The number of aromatic nitrogens is 1. The quantitative estimate of drug-likeness (QED) is 0.558. The maximum atomic E-state index is 13.7. The highest BCUT2D eigenvalue weighted by Crippen LogP contribution is 2.32. The number of benzene rings is 2. The van der Waals surface area contributed by atoms with Gasteiger partial charge in [0.1, 0.15) is 18.0 Å². The van der Waals surface area contributed by atoms with Crippen LogP contribution in [0.15, 0.2) is 65.8 Å². The lowest BCUT2D eigenvalue weighted by Gasteiger charge is -2.26. The molecule has 0 aliphatic heterocycles. The number of hydrogen-bond donors (Lipinski definition) is 1. The smallest absolute Gasteiger partial charge is 0.264 e. The summed E-state index contributed by atoms with van der Waals surface area (Å²) in [5.41, 5.74) is 2.27. The van der Waals surface area contributed by atoms with E-state index in [2.05, 4.69) is 10.3 Å². The molecule has 0 saturated carbocycles. The average Bonchev–Trinajstić information content (AvgIpc) is 2.79. The summed E-state index contributed by atoms with van der Waals surface area (Å²) in [5.74, 6) is 0.399. The van der Waals surface area contributed by atoms with Crippen molar-refractivity contribution in [2.45, 2.75) is 18.7 Å². The second kappa shape index (κ2) is 9.69. The van der Waals surface area contributed by atoms with Gasteiger partial charge in [-0.15, -0.1) is 0 Å². The molecular formula is C23H25N3O5S. The number of amides is 1. The van der Waals surface area contributed by atoms with Gasteiger partial charge in [-0.25, -0.2) is 8.42 Å². The van der Waals surface area contributed by atoms with Gasteiger partial charge in [-0.1, -0.05) is 12.1 Å². The molecule has 0 fully saturated rings. The predicted octanol–water partition coefficient (Wildman–Crippen LogP) is 3.55. The summed E-state index contributed by atoms with van der Waals surface area (Å²) < 4.78 is 39.0. The number of nitrogens with zero attached hydrogens (tertiary/aromatic N) is 2. The van der Waals surface area contributed by atoms with Crippen molar-refractivity contribution in [3.8, 4) is 11.5 Å². The topological polar surface area (TPSA) is 97.8 Å². The van der Waals surface area contributed by atoms with Gasteiger partial charge in [0.05, 0.1) is 36.7 Å². The minimum atomic E-state index is -4.12. The van der Waals surface area contributed by atoms with Crippen LogP contribution in [0.5, 0.6) is 11.5 Å².